The number of amides is 1. The molecular formula is C19H22ClN2O+. The Hall–Kier alpha value is -1.84. The molecule has 0 aliphatic heterocycles. The van der Waals surface area contributed by atoms with E-state index in [1.54, 1.807) is 0 Å². The van der Waals surface area contributed by atoms with Gasteiger partial charge in [-0.15, -0.1) is 0 Å². The second kappa shape index (κ2) is 7.16. The number of benzene rings is 2. The van der Waals surface area contributed by atoms with Gasteiger partial charge in [-0.3, -0.25) is 4.79 Å². The Bertz CT molecular complexity index is 714. The van der Waals surface area contributed by atoms with E-state index in [0.717, 1.165) is 29.1 Å². The van der Waals surface area contributed by atoms with Crippen LogP contribution in [-0.4, -0.2) is 12.5 Å². The summed E-state index contributed by atoms with van der Waals surface area (Å²) < 4.78 is 0. The van der Waals surface area contributed by atoms with Crippen LogP contribution in [0.5, 0.6) is 0 Å². The maximum Gasteiger partial charge on any atom is 0.279 e. The molecule has 0 bridgehead atoms. The number of halogens is 1. The van der Waals surface area contributed by atoms with Crippen molar-refractivity contribution in [1.82, 2.24) is 0 Å². The van der Waals surface area contributed by atoms with E-state index in [4.69, 9.17) is 11.6 Å². The molecule has 0 unspecified atom stereocenters. The Balaban J connectivity index is 1.53. The van der Waals surface area contributed by atoms with Gasteiger partial charge in [-0.2, -0.15) is 0 Å². The van der Waals surface area contributed by atoms with Crippen molar-refractivity contribution in [3.63, 3.8) is 0 Å². The summed E-state index contributed by atoms with van der Waals surface area (Å²) in [6.07, 6.45) is 3.50. The smallest absolute Gasteiger partial charge is 0.279 e. The number of rotatable bonds is 5. The summed E-state index contributed by atoms with van der Waals surface area (Å²) >= 11 is 6.01. The zero-order valence-electron chi connectivity index (χ0n) is 13.3. The Kier molecular flexibility index (Phi) is 4.99. The number of hydrogen-bond donors (Lipinski definition) is 2. The molecule has 3 N–H and O–H groups in total. The van der Waals surface area contributed by atoms with Crippen molar-refractivity contribution >= 4 is 23.2 Å². The fraction of sp³-hybridized carbons (Fsp3) is 0.316. The highest BCUT2D eigenvalue weighted by Gasteiger charge is 2.14. The Morgan fingerprint density at radius 1 is 1.22 bits per heavy atom. The fourth-order valence-electron chi connectivity index (χ4n) is 3.07. The SMILES string of the molecule is C[C@@H]([NH2+]CC(=O)Nc1ccc2c(c1)CCC2)c1cccc(Cl)c1. The average molecular weight is 330 g/mol. The molecule has 0 fully saturated rings. The first-order valence-corrected chi connectivity index (χ1v) is 8.50. The van der Waals surface area contributed by atoms with Crippen LogP contribution >= 0.6 is 11.6 Å². The lowest BCUT2D eigenvalue weighted by Crippen LogP contribution is -2.86. The molecule has 1 aliphatic rings. The molecule has 0 spiro atoms. The third kappa shape index (κ3) is 4.12. The highest BCUT2D eigenvalue weighted by Crippen LogP contribution is 2.24. The number of aryl methyl sites for hydroxylation is 2. The number of quaternary nitrogens is 1. The number of carbonyl (C=O) groups excluding carboxylic acids is 1. The molecule has 1 atom stereocenters. The second-order valence-electron chi connectivity index (χ2n) is 6.17. The van der Waals surface area contributed by atoms with Crippen LogP contribution < -0.4 is 10.6 Å². The largest absolute Gasteiger partial charge is 0.333 e. The topological polar surface area (TPSA) is 45.7 Å². The molecule has 0 saturated carbocycles. The molecule has 3 rings (SSSR count). The Morgan fingerprint density at radius 3 is 2.87 bits per heavy atom. The van der Waals surface area contributed by atoms with E-state index < -0.39 is 0 Å². The highest BCUT2D eigenvalue weighted by atomic mass is 35.5. The summed E-state index contributed by atoms with van der Waals surface area (Å²) in [6, 6.07) is 14.2. The number of nitrogens with two attached hydrogens (primary N) is 1. The first-order chi connectivity index (χ1) is 11.1. The van der Waals surface area contributed by atoms with Crippen molar-refractivity contribution in [3.8, 4) is 0 Å². The molecule has 0 heterocycles. The van der Waals surface area contributed by atoms with Gasteiger partial charge in [0.1, 0.15) is 6.04 Å². The summed E-state index contributed by atoms with van der Waals surface area (Å²) in [5.74, 6) is 0.0248. The molecule has 2 aromatic carbocycles. The average Bonchev–Trinajstić information content (AvgIpc) is 3.00. The van der Waals surface area contributed by atoms with E-state index >= 15 is 0 Å². The van der Waals surface area contributed by atoms with E-state index in [-0.39, 0.29) is 11.9 Å². The summed E-state index contributed by atoms with van der Waals surface area (Å²) in [6.45, 7) is 2.47. The first kappa shape index (κ1) is 16.0. The number of anilines is 1. The molecule has 1 amide bonds. The summed E-state index contributed by atoms with van der Waals surface area (Å²) in [7, 11) is 0. The molecule has 23 heavy (non-hydrogen) atoms. The minimum atomic E-state index is 0.0248. The zero-order valence-corrected chi connectivity index (χ0v) is 14.1. The van der Waals surface area contributed by atoms with Crippen molar-refractivity contribution in [2.75, 3.05) is 11.9 Å². The van der Waals surface area contributed by atoms with Crippen LogP contribution in [0.4, 0.5) is 5.69 Å². The summed E-state index contributed by atoms with van der Waals surface area (Å²) in [5.41, 5.74) is 4.82. The monoisotopic (exact) mass is 329 g/mol. The molecule has 1 aliphatic carbocycles. The predicted octanol–water partition coefficient (Wildman–Crippen LogP) is 3.09. The predicted molar refractivity (Wildman–Crippen MR) is 93.8 cm³/mol. The number of nitrogens with one attached hydrogen (secondary N) is 1. The number of fused-ring (bicyclic) bond motifs is 1. The van der Waals surface area contributed by atoms with Crippen LogP contribution in [0.3, 0.4) is 0 Å². The molecule has 0 radical (unpaired) electrons. The molecular weight excluding hydrogens is 308 g/mol. The Morgan fingerprint density at radius 2 is 2.04 bits per heavy atom. The second-order valence-corrected chi connectivity index (χ2v) is 6.61. The van der Waals surface area contributed by atoms with Gasteiger partial charge in [-0.25, -0.2) is 0 Å². The van der Waals surface area contributed by atoms with E-state index in [1.165, 1.54) is 17.5 Å². The molecule has 0 aromatic heterocycles. The summed E-state index contributed by atoms with van der Waals surface area (Å²) in [5, 5.41) is 5.74. The van der Waals surface area contributed by atoms with E-state index in [9.17, 15) is 4.79 Å². The number of hydrogen-bond acceptors (Lipinski definition) is 1. The van der Waals surface area contributed by atoms with Crippen molar-refractivity contribution < 1.29 is 10.1 Å². The van der Waals surface area contributed by atoms with Gasteiger partial charge in [0.2, 0.25) is 0 Å². The summed E-state index contributed by atoms with van der Waals surface area (Å²) in [4.78, 5) is 12.1. The third-order valence-electron chi connectivity index (χ3n) is 4.41. The fourth-order valence-corrected chi connectivity index (χ4v) is 3.27. The van der Waals surface area contributed by atoms with Crippen LogP contribution in [0.15, 0.2) is 42.5 Å². The lowest BCUT2D eigenvalue weighted by Gasteiger charge is -2.12. The lowest BCUT2D eigenvalue weighted by atomic mass is 10.1. The minimum Gasteiger partial charge on any atom is -0.333 e. The van der Waals surface area contributed by atoms with Crippen LogP contribution in [0.2, 0.25) is 5.02 Å². The van der Waals surface area contributed by atoms with E-state index in [2.05, 4.69) is 24.4 Å². The number of carbonyl (C=O) groups is 1. The van der Waals surface area contributed by atoms with Crippen LogP contribution in [-0.2, 0) is 17.6 Å². The maximum absolute atomic E-state index is 12.1. The Labute approximate surface area is 142 Å². The van der Waals surface area contributed by atoms with Crippen LogP contribution in [0.1, 0.15) is 36.1 Å². The van der Waals surface area contributed by atoms with Gasteiger partial charge in [0.05, 0.1) is 0 Å². The molecule has 120 valence electrons. The van der Waals surface area contributed by atoms with Crippen molar-refractivity contribution in [1.29, 1.82) is 0 Å². The van der Waals surface area contributed by atoms with Gasteiger partial charge < -0.3 is 10.6 Å². The normalized spacial score (nSPS) is 14.3. The highest BCUT2D eigenvalue weighted by molar-refractivity contribution is 6.30. The third-order valence-corrected chi connectivity index (χ3v) is 4.65. The van der Waals surface area contributed by atoms with Gasteiger partial charge in [-0.1, -0.05) is 29.8 Å². The first-order valence-electron chi connectivity index (χ1n) is 8.12. The van der Waals surface area contributed by atoms with Gasteiger partial charge in [0, 0.05) is 16.3 Å². The van der Waals surface area contributed by atoms with Gasteiger partial charge in [0.25, 0.3) is 5.91 Å². The molecule has 0 saturated heterocycles. The van der Waals surface area contributed by atoms with E-state index in [0.29, 0.717) is 6.54 Å². The lowest BCUT2D eigenvalue weighted by molar-refractivity contribution is -0.682. The van der Waals surface area contributed by atoms with Crippen molar-refractivity contribution in [2.24, 2.45) is 0 Å². The molecule has 2 aromatic rings. The van der Waals surface area contributed by atoms with Gasteiger partial charge in [0.15, 0.2) is 6.54 Å². The minimum absolute atomic E-state index is 0.0248. The van der Waals surface area contributed by atoms with E-state index in [1.807, 2.05) is 35.6 Å². The van der Waals surface area contributed by atoms with Crippen molar-refractivity contribution in [3.05, 3.63) is 64.2 Å². The zero-order chi connectivity index (χ0) is 16.2. The van der Waals surface area contributed by atoms with Crippen molar-refractivity contribution in [2.45, 2.75) is 32.2 Å². The quantitative estimate of drug-likeness (QED) is 0.870. The standard InChI is InChI=1S/C19H21ClN2O/c1-13(15-5-3-7-17(20)10-15)21-12-19(23)22-18-9-8-14-4-2-6-16(14)11-18/h3,5,7-11,13,21H,2,4,6,12H2,1H3,(H,22,23)/p+1/t13-/m1/s1. The molecule has 3 nitrogen and oxygen atoms in total. The van der Waals surface area contributed by atoms with Crippen LogP contribution in [0, 0.1) is 0 Å². The maximum atomic E-state index is 12.1. The van der Waals surface area contributed by atoms with Crippen LogP contribution in [0.25, 0.3) is 0 Å². The van der Waals surface area contributed by atoms with Gasteiger partial charge >= 0.3 is 0 Å². The van der Waals surface area contributed by atoms with Gasteiger partial charge in [-0.05, 0) is 61.6 Å². The molecule has 4 heteroatoms.